The molecule has 1 saturated heterocycles. The van der Waals surface area contributed by atoms with Crippen LogP contribution in [0.4, 0.5) is 11.4 Å². The van der Waals surface area contributed by atoms with Crippen molar-refractivity contribution in [2.24, 2.45) is 0 Å². The van der Waals surface area contributed by atoms with Gasteiger partial charge in [-0.25, -0.2) is 4.79 Å². The Morgan fingerprint density at radius 3 is 2.67 bits per heavy atom. The van der Waals surface area contributed by atoms with E-state index in [1.54, 1.807) is 18.2 Å². The van der Waals surface area contributed by atoms with Crippen molar-refractivity contribution in [3.05, 3.63) is 64.7 Å². The average molecular weight is 403 g/mol. The fourth-order valence-corrected chi connectivity index (χ4v) is 4.50. The lowest BCUT2D eigenvalue weighted by molar-refractivity contribution is 0.0696. The number of carboxylic acid groups (broad SMARTS) is 1. The Hall–Kier alpha value is -3.45. The van der Waals surface area contributed by atoms with E-state index in [0.717, 1.165) is 31.5 Å². The third kappa shape index (κ3) is 2.90. The number of nitrogens with one attached hydrogen (secondary N) is 2. The number of piperidine rings is 1. The number of nitrogens with zero attached hydrogens (tertiary/aromatic N) is 1. The minimum Gasteiger partial charge on any atom is -0.478 e. The molecule has 3 aliphatic rings. The molecular formula is C23H21N3O4. The van der Waals surface area contributed by atoms with E-state index in [1.807, 2.05) is 18.2 Å². The Morgan fingerprint density at radius 2 is 1.90 bits per heavy atom. The first-order valence-corrected chi connectivity index (χ1v) is 10.1. The Kier molecular flexibility index (Phi) is 4.40. The third-order valence-corrected chi connectivity index (χ3v) is 5.99. The van der Waals surface area contributed by atoms with Crippen LogP contribution < -0.4 is 15.5 Å². The Morgan fingerprint density at radius 1 is 1.10 bits per heavy atom. The quantitative estimate of drug-likeness (QED) is 0.726. The van der Waals surface area contributed by atoms with Crippen LogP contribution in [-0.2, 0) is 0 Å². The predicted octanol–water partition coefficient (Wildman–Crippen LogP) is 2.79. The number of benzene rings is 2. The molecule has 2 aliphatic heterocycles. The minimum absolute atomic E-state index is 0.0696. The van der Waals surface area contributed by atoms with Gasteiger partial charge in [-0.15, -0.1) is 0 Å². The number of carboxylic acids is 1. The lowest BCUT2D eigenvalue weighted by atomic mass is 9.82. The van der Waals surface area contributed by atoms with Gasteiger partial charge >= 0.3 is 5.97 Å². The summed E-state index contributed by atoms with van der Waals surface area (Å²) >= 11 is 0. The number of Topliss-reactive ketones (excluding diaryl/α,β-unsaturated/α-hetero) is 1. The third-order valence-electron chi connectivity index (χ3n) is 5.99. The first-order chi connectivity index (χ1) is 14.5. The highest BCUT2D eigenvalue weighted by molar-refractivity contribution is 6.27. The van der Waals surface area contributed by atoms with Crippen LogP contribution in [0.5, 0.6) is 0 Å². The molecule has 2 heterocycles. The molecule has 0 saturated carbocycles. The fraction of sp³-hybridized carbons (Fsp3) is 0.261. The van der Waals surface area contributed by atoms with E-state index < -0.39 is 12.0 Å². The number of rotatable bonds is 4. The molecule has 7 nitrogen and oxygen atoms in total. The highest BCUT2D eigenvalue weighted by atomic mass is 16.4. The van der Waals surface area contributed by atoms with E-state index in [2.05, 4.69) is 10.6 Å². The summed E-state index contributed by atoms with van der Waals surface area (Å²) in [6, 6.07) is 9.35. The number of fused-ring (bicyclic) bond motifs is 1. The zero-order valence-electron chi connectivity index (χ0n) is 16.2. The van der Waals surface area contributed by atoms with Crippen molar-refractivity contribution in [2.75, 3.05) is 23.3 Å². The predicted molar refractivity (Wildman–Crippen MR) is 113 cm³/mol. The monoisotopic (exact) mass is 403 g/mol. The molecule has 152 valence electrons. The Labute approximate surface area is 173 Å². The number of amides is 1. The Bertz CT molecular complexity index is 1100. The minimum atomic E-state index is -1.08. The molecule has 7 heteroatoms. The SMILES string of the molecule is O=C(O)c1cccc(N2C(=O)c3c(NC4CCNCC4)ccc4c3C(=O)C2C=C4)c1. The zero-order chi connectivity index (χ0) is 20.8. The highest BCUT2D eigenvalue weighted by Gasteiger charge is 2.43. The van der Waals surface area contributed by atoms with Crippen LogP contribution in [0.3, 0.4) is 0 Å². The van der Waals surface area contributed by atoms with E-state index in [0.29, 0.717) is 22.5 Å². The summed E-state index contributed by atoms with van der Waals surface area (Å²) < 4.78 is 0. The largest absolute Gasteiger partial charge is 0.478 e. The van der Waals surface area contributed by atoms with Crippen LogP contribution in [-0.4, -0.2) is 47.9 Å². The topological polar surface area (TPSA) is 98.7 Å². The number of anilines is 2. The van der Waals surface area contributed by atoms with Crippen LogP contribution in [0.2, 0.25) is 0 Å². The molecule has 2 aromatic rings. The van der Waals surface area contributed by atoms with Crippen LogP contribution in [0.25, 0.3) is 6.08 Å². The second-order valence-corrected chi connectivity index (χ2v) is 7.82. The number of hydrogen-bond donors (Lipinski definition) is 3. The molecule has 0 spiro atoms. The van der Waals surface area contributed by atoms with Crippen molar-refractivity contribution < 1.29 is 19.5 Å². The summed E-state index contributed by atoms with van der Waals surface area (Å²) in [4.78, 5) is 39.7. The summed E-state index contributed by atoms with van der Waals surface area (Å²) in [5.41, 5.74) is 2.70. The first-order valence-electron chi connectivity index (χ1n) is 10.1. The lowest BCUT2D eigenvalue weighted by Crippen LogP contribution is -2.51. The average Bonchev–Trinajstić information content (AvgIpc) is 2.75. The maximum atomic E-state index is 13.6. The molecule has 0 radical (unpaired) electrons. The van der Waals surface area contributed by atoms with Crippen molar-refractivity contribution >= 4 is 35.1 Å². The van der Waals surface area contributed by atoms with Crippen molar-refractivity contribution in [3.63, 3.8) is 0 Å². The first kappa shape index (κ1) is 18.6. The molecule has 1 atom stereocenters. The maximum Gasteiger partial charge on any atom is 0.335 e. The van der Waals surface area contributed by atoms with Crippen LogP contribution in [0.15, 0.2) is 42.5 Å². The molecule has 3 N–H and O–H groups in total. The van der Waals surface area contributed by atoms with Crippen LogP contribution >= 0.6 is 0 Å². The van der Waals surface area contributed by atoms with E-state index in [-0.39, 0.29) is 23.3 Å². The normalized spacial score (nSPS) is 20.4. The van der Waals surface area contributed by atoms with Gasteiger partial charge in [-0.1, -0.05) is 24.3 Å². The van der Waals surface area contributed by atoms with Crippen molar-refractivity contribution in [1.82, 2.24) is 5.32 Å². The standard InChI is InChI=1S/C23H21N3O4/c27-21-18-7-5-13-4-6-17(25-15-8-10-24-11-9-15)20(19(13)21)22(28)26(18)16-3-1-2-14(12-16)23(29)30/h1-7,12,15,18,24-25H,8-11H2,(H,29,30). The zero-order valence-corrected chi connectivity index (χ0v) is 16.2. The van der Waals surface area contributed by atoms with Crippen molar-refractivity contribution in [3.8, 4) is 0 Å². The van der Waals surface area contributed by atoms with Gasteiger partial charge in [-0.3, -0.25) is 14.5 Å². The molecule has 30 heavy (non-hydrogen) atoms. The number of hydrogen-bond acceptors (Lipinski definition) is 5. The van der Waals surface area contributed by atoms with Gasteiger partial charge < -0.3 is 15.7 Å². The number of carbonyl (C=O) groups excluding carboxylic acids is 2. The molecule has 0 aromatic heterocycles. The molecular weight excluding hydrogens is 382 g/mol. The summed E-state index contributed by atoms with van der Waals surface area (Å²) in [6.45, 7) is 1.81. The Balaban J connectivity index is 1.61. The van der Waals surface area contributed by atoms with Gasteiger partial charge in [-0.2, -0.15) is 0 Å². The summed E-state index contributed by atoms with van der Waals surface area (Å²) in [6.07, 6.45) is 5.44. The number of ketones is 1. The van der Waals surface area contributed by atoms with Gasteiger partial charge in [0.2, 0.25) is 0 Å². The van der Waals surface area contributed by atoms with Gasteiger partial charge in [0.1, 0.15) is 6.04 Å². The van der Waals surface area contributed by atoms with E-state index in [1.165, 1.54) is 17.0 Å². The van der Waals surface area contributed by atoms with Gasteiger partial charge in [0.15, 0.2) is 5.78 Å². The molecule has 1 unspecified atom stereocenters. The molecule has 5 rings (SSSR count). The van der Waals surface area contributed by atoms with Gasteiger partial charge in [0.25, 0.3) is 5.91 Å². The summed E-state index contributed by atoms with van der Waals surface area (Å²) in [5.74, 6) is -1.51. The summed E-state index contributed by atoms with van der Waals surface area (Å²) in [7, 11) is 0. The van der Waals surface area contributed by atoms with Gasteiger partial charge in [0, 0.05) is 23.0 Å². The molecule has 2 bridgehead atoms. The molecule has 1 amide bonds. The van der Waals surface area contributed by atoms with Gasteiger partial charge in [-0.05, 0) is 55.8 Å². The fourth-order valence-electron chi connectivity index (χ4n) is 4.50. The van der Waals surface area contributed by atoms with E-state index in [9.17, 15) is 19.5 Å². The molecule has 1 fully saturated rings. The number of aromatic carboxylic acids is 1. The molecule has 1 aliphatic carbocycles. The van der Waals surface area contributed by atoms with Crippen LogP contribution in [0, 0.1) is 0 Å². The van der Waals surface area contributed by atoms with Crippen molar-refractivity contribution in [2.45, 2.75) is 24.9 Å². The smallest absolute Gasteiger partial charge is 0.335 e. The maximum absolute atomic E-state index is 13.6. The summed E-state index contributed by atoms with van der Waals surface area (Å²) in [5, 5.41) is 16.1. The van der Waals surface area contributed by atoms with Gasteiger partial charge in [0.05, 0.1) is 11.1 Å². The second kappa shape index (κ2) is 7.11. The van der Waals surface area contributed by atoms with E-state index >= 15 is 0 Å². The molecule has 2 aromatic carbocycles. The lowest BCUT2D eigenvalue weighted by Gasteiger charge is -2.38. The second-order valence-electron chi connectivity index (χ2n) is 7.82. The highest BCUT2D eigenvalue weighted by Crippen LogP contribution is 2.38. The van der Waals surface area contributed by atoms with Crippen LogP contribution in [0.1, 0.15) is 49.5 Å². The van der Waals surface area contributed by atoms with E-state index in [4.69, 9.17) is 0 Å². The van der Waals surface area contributed by atoms with Crippen molar-refractivity contribution in [1.29, 1.82) is 0 Å². The number of carbonyl (C=O) groups is 3.